The molecular weight excluding hydrogens is 262 g/mol. The van der Waals surface area contributed by atoms with E-state index in [-0.39, 0.29) is 6.04 Å². The molecule has 1 aliphatic carbocycles. The fourth-order valence-corrected chi connectivity index (χ4v) is 3.30. The predicted molar refractivity (Wildman–Crippen MR) is 82.0 cm³/mol. The highest BCUT2D eigenvalue weighted by Gasteiger charge is 2.27. The van der Waals surface area contributed by atoms with Crippen LogP contribution < -0.4 is 5.73 Å². The van der Waals surface area contributed by atoms with Gasteiger partial charge in [0.05, 0.1) is 28.5 Å². The molecule has 1 atom stereocenters. The van der Waals surface area contributed by atoms with Gasteiger partial charge in [-0.15, -0.1) is 0 Å². The summed E-state index contributed by atoms with van der Waals surface area (Å²) in [6, 6.07) is 6.33. The summed E-state index contributed by atoms with van der Waals surface area (Å²) in [6.07, 6.45) is 6.64. The normalized spacial score (nSPS) is 17.9. The number of hydrogen-bond acceptors (Lipinski definition) is 4. The Morgan fingerprint density at radius 2 is 2.10 bits per heavy atom. The Balaban J connectivity index is 1.96. The summed E-state index contributed by atoms with van der Waals surface area (Å²) in [5.41, 5.74) is 11.5. The molecule has 106 valence electrons. The second-order valence-corrected chi connectivity index (χ2v) is 5.58. The number of anilines is 1. The molecule has 5 nitrogen and oxygen atoms in total. The van der Waals surface area contributed by atoms with Gasteiger partial charge in [-0.1, -0.05) is 12.1 Å². The van der Waals surface area contributed by atoms with Crippen LogP contribution in [0.3, 0.4) is 0 Å². The van der Waals surface area contributed by atoms with Gasteiger partial charge in [0.15, 0.2) is 0 Å². The standard InChI is InChI=1S/C16H17N5/c1-10-4-2-6-12-14(10)20-16(17)21(12)13-7-3-5-11-15(13)19-9-8-18-11/h2,4,6,8-9,13H,3,5,7H2,1H3,(H2,17,20). The van der Waals surface area contributed by atoms with Gasteiger partial charge in [0.2, 0.25) is 5.95 Å². The van der Waals surface area contributed by atoms with E-state index in [9.17, 15) is 0 Å². The first kappa shape index (κ1) is 12.3. The van der Waals surface area contributed by atoms with Crippen LogP contribution in [0.15, 0.2) is 30.6 Å². The maximum Gasteiger partial charge on any atom is 0.201 e. The number of nitrogens with zero attached hydrogens (tertiary/aromatic N) is 4. The van der Waals surface area contributed by atoms with Crippen LogP contribution in [-0.2, 0) is 6.42 Å². The van der Waals surface area contributed by atoms with E-state index in [2.05, 4.69) is 44.6 Å². The van der Waals surface area contributed by atoms with E-state index in [1.54, 1.807) is 12.4 Å². The largest absolute Gasteiger partial charge is 0.369 e. The molecule has 21 heavy (non-hydrogen) atoms. The first-order valence-electron chi connectivity index (χ1n) is 7.28. The topological polar surface area (TPSA) is 69.6 Å². The second kappa shape index (κ2) is 4.55. The molecule has 0 aliphatic heterocycles. The quantitative estimate of drug-likeness (QED) is 0.743. The highest BCUT2D eigenvalue weighted by Crippen LogP contribution is 2.35. The molecule has 2 aromatic heterocycles. The number of hydrogen-bond donors (Lipinski definition) is 1. The van der Waals surface area contributed by atoms with E-state index in [1.807, 2.05) is 0 Å². The number of fused-ring (bicyclic) bond motifs is 2. The third-order valence-corrected chi connectivity index (χ3v) is 4.27. The summed E-state index contributed by atoms with van der Waals surface area (Å²) in [6.45, 7) is 2.06. The van der Waals surface area contributed by atoms with Crippen LogP contribution >= 0.6 is 0 Å². The van der Waals surface area contributed by atoms with Gasteiger partial charge < -0.3 is 10.3 Å². The predicted octanol–water partition coefficient (Wildman–Crippen LogP) is 2.64. The molecule has 3 aromatic rings. The zero-order valence-electron chi connectivity index (χ0n) is 12.0. The summed E-state index contributed by atoms with van der Waals surface area (Å²) < 4.78 is 2.12. The Morgan fingerprint density at radius 1 is 1.24 bits per heavy atom. The monoisotopic (exact) mass is 279 g/mol. The lowest BCUT2D eigenvalue weighted by molar-refractivity contribution is 0.483. The second-order valence-electron chi connectivity index (χ2n) is 5.58. The number of rotatable bonds is 1. The minimum absolute atomic E-state index is 0.134. The zero-order valence-corrected chi connectivity index (χ0v) is 12.0. The van der Waals surface area contributed by atoms with Crippen LogP contribution in [0.2, 0.25) is 0 Å². The highest BCUT2D eigenvalue weighted by atomic mass is 15.2. The summed E-state index contributed by atoms with van der Waals surface area (Å²) in [5.74, 6) is 0.558. The molecular formula is C16H17N5. The van der Waals surface area contributed by atoms with E-state index in [4.69, 9.17) is 5.73 Å². The van der Waals surface area contributed by atoms with Crippen molar-refractivity contribution in [2.45, 2.75) is 32.2 Å². The third-order valence-electron chi connectivity index (χ3n) is 4.27. The molecule has 0 bridgehead atoms. The first-order valence-corrected chi connectivity index (χ1v) is 7.28. The summed E-state index contributed by atoms with van der Waals surface area (Å²) in [4.78, 5) is 13.6. The summed E-state index contributed by atoms with van der Waals surface area (Å²) >= 11 is 0. The van der Waals surface area contributed by atoms with Crippen molar-refractivity contribution in [1.29, 1.82) is 0 Å². The molecule has 2 N–H and O–H groups in total. The van der Waals surface area contributed by atoms with Crippen LogP contribution in [0.25, 0.3) is 11.0 Å². The molecule has 2 heterocycles. The number of nitrogen functional groups attached to an aromatic ring is 1. The number of aryl methyl sites for hydroxylation is 2. The van der Waals surface area contributed by atoms with Crippen LogP contribution in [0, 0.1) is 6.92 Å². The Bertz CT molecular complexity index is 821. The van der Waals surface area contributed by atoms with Gasteiger partial charge in [0, 0.05) is 12.4 Å². The van der Waals surface area contributed by atoms with Crippen molar-refractivity contribution in [3.8, 4) is 0 Å². The number of benzene rings is 1. The first-order chi connectivity index (χ1) is 10.3. The van der Waals surface area contributed by atoms with Crippen molar-refractivity contribution >= 4 is 17.0 Å². The number of imidazole rings is 1. The number of nitrogens with two attached hydrogens (primary N) is 1. The van der Waals surface area contributed by atoms with Gasteiger partial charge in [0.1, 0.15) is 0 Å². The minimum Gasteiger partial charge on any atom is -0.369 e. The van der Waals surface area contributed by atoms with Crippen molar-refractivity contribution in [1.82, 2.24) is 19.5 Å². The molecule has 5 heteroatoms. The van der Waals surface area contributed by atoms with Crippen LogP contribution in [0.1, 0.15) is 35.8 Å². The summed E-state index contributed by atoms with van der Waals surface area (Å²) in [7, 11) is 0. The summed E-state index contributed by atoms with van der Waals surface area (Å²) in [5, 5.41) is 0. The van der Waals surface area contributed by atoms with E-state index >= 15 is 0 Å². The van der Waals surface area contributed by atoms with Gasteiger partial charge in [-0.2, -0.15) is 0 Å². The van der Waals surface area contributed by atoms with Crippen LogP contribution in [0.4, 0.5) is 5.95 Å². The van der Waals surface area contributed by atoms with Gasteiger partial charge in [-0.25, -0.2) is 4.98 Å². The molecule has 4 rings (SSSR count). The SMILES string of the molecule is Cc1cccc2c1nc(N)n2C1CCCc2nccnc21. The molecule has 0 saturated carbocycles. The zero-order chi connectivity index (χ0) is 14.4. The lowest BCUT2D eigenvalue weighted by Crippen LogP contribution is -2.21. The Morgan fingerprint density at radius 3 is 3.00 bits per heavy atom. The van der Waals surface area contributed by atoms with Gasteiger partial charge in [0.25, 0.3) is 0 Å². The lowest BCUT2D eigenvalue weighted by atomic mass is 9.95. The molecule has 1 aromatic carbocycles. The van der Waals surface area contributed by atoms with Crippen molar-refractivity contribution in [2.75, 3.05) is 5.73 Å². The van der Waals surface area contributed by atoms with Crippen LogP contribution in [0.5, 0.6) is 0 Å². The van der Waals surface area contributed by atoms with Crippen molar-refractivity contribution in [2.24, 2.45) is 0 Å². The molecule has 0 fully saturated rings. The van der Waals surface area contributed by atoms with Gasteiger partial charge in [-0.05, 0) is 37.8 Å². The molecule has 1 unspecified atom stereocenters. The van der Waals surface area contributed by atoms with Gasteiger partial charge in [-0.3, -0.25) is 9.97 Å². The highest BCUT2D eigenvalue weighted by molar-refractivity contribution is 5.81. The van der Waals surface area contributed by atoms with E-state index < -0.39 is 0 Å². The fraction of sp³-hybridized carbons (Fsp3) is 0.312. The van der Waals surface area contributed by atoms with Crippen LogP contribution in [-0.4, -0.2) is 19.5 Å². The fourth-order valence-electron chi connectivity index (χ4n) is 3.30. The van der Waals surface area contributed by atoms with Crippen molar-refractivity contribution < 1.29 is 0 Å². The third kappa shape index (κ3) is 1.81. The van der Waals surface area contributed by atoms with Crippen molar-refractivity contribution in [3.63, 3.8) is 0 Å². The molecule has 0 amide bonds. The van der Waals surface area contributed by atoms with Gasteiger partial charge >= 0.3 is 0 Å². The van der Waals surface area contributed by atoms with Crippen molar-refractivity contribution in [3.05, 3.63) is 47.5 Å². The lowest BCUT2D eigenvalue weighted by Gasteiger charge is -2.25. The minimum atomic E-state index is 0.134. The average Bonchev–Trinajstić information content (AvgIpc) is 2.84. The number of aromatic nitrogens is 4. The Kier molecular flexibility index (Phi) is 2.67. The van der Waals surface area contributed by atoms with E-state index in [0.717, 1.165) is 47.2 Å². The molecule has 0 saturated heterocycles. The average molecular weight is 279 g/mol. The Hall–Kier alpha value is -2.43. The maximum absolute atomic E-state index is 6.21. The maximum atomic E-state index is 6.21. The smallest absolute Gasteiger partial charge is 0.201 e. The molecule has 0 radical (unpaired) electrons. The Labute approximate surface area is 122 Å². The van der Waals surface area contributed by atoms with E-state index in [1.165, 1.54) is 0 Å². The number of para-hydroxylation sites is 1. The molecule has 0 spiro atoms. The molecule has 1 aliphatic rings. The van der Waals surface area contributed by atoms with E-state index in [0.29, 0.717) is 5.95 Å².